The summed E-state index contributed by atoms with van der Waals surface area (Å²) < 4.78 is 0. The Morgan fingerprint density at radius 1 is 0.875 bits per heavy atom. The van der Waals surface area contributed by atoms with Crippen molar-refractivity contribution in [1.29, 1.82) is 0 Å². The lowest BCUT2D eigenvalue weighted by Gasteiger charge is -2.17. The van der Waals surface area contributed by atoms with Crippen LogP contribution in [-0.4, -0.2) is 11.7 Å². The third kappa shape index (κ3) is 5.64. The molecule has 0 bridgehead atoms. The summed E-state index contributed by atoms with van der Waals surface area (Å²) >= 11 is 5.47. The smallest absolute Gasteiger partial charge is 0.170 e. The van der Waals surface area contributed by atoms with Gasteiger partial charge in [0.15, 0.2) is 5.11 Å². The first-order valence-electron chi connectivity index (χ1n) is 8.94. The van der Waals surface area contributed by atoms with E-state index in [-0.39, 0.29) is 0 Å². The van der Waals surface area contributed by atoms with Crippen molar-refractivity contribution < 1.29 is 0 Å². The monoisotopic (exact) mass is 340 g/mol. The van der Waals surface area contributed by atoms with Gasteiger partial charge in [-0.3, -0.25) is 0 Å². The van der Waals surface area contributed by atoms with Crippen molar-refractivity contribution >= 4 is 23.0 Å². The predicted molar refractivity (Wildman–Crippen MR) is 109 cm³/mol. The fourth-order valence-corrected chi connectivity index (χ4v) is 3.07. The van der Waals surface area contributed by atoms with E-state index in [0.29, 0.717) is 0 Å². The number of hydrogen-bond donors (Lipinski definition) is 2. The van der Waals surface area contributed by atoms with Gasteiger partial charge in [-0.2, -0.15) is 0 Å². The second kappa shape index (κ2) is 10.1. The van der Waals surface area contributed by atoms with E-state index in [0.717, 1.165) is 37.3 Å². The number of hydrogen-bond acceptors (Lipinski definition) is 1. The van der Waals surface area contributed by atoms with Crippen LogP contribution in [0.3, 0.4) is 0 Å². The normalized spacial score (nSPS) is 10.4. The van der Waals surface area contributed by atoms with E-state index in [4.69, 9.17) is 12.2 Å². The Hall–Kier alpha value is -1.87. The molecule has 0 aromatic heterocycles. The molecule has 0 heterocycles. The largest absolute Gasteiger partial charge is 0.362 e. The van der Waals surface area contributed by atoms with E-state index < -0.39 is 0 Å². The quantitative estimate of drug-likeness (QED) is 0.515. The number of benzene rings is 2. The van der Waals surface area contributed by atoms with Gasteiger partial charge in [-0.25, -0.2) is 0 Å². The fraction of sp³-hybridized carbons (Fsp3) is 0.381. The predicted octanol–water partition coefficient (Wildman–Crippen LogP) is 5.12. The zero-order valence-electron chi connectivity index (χ0n) is 14.8. The van der Waals surface area contributed by atoms with E-state index in [1.165, 1.54) is 28.8 Å². The van der Waals surface area contributed by atoms with Crippen LogP contribution in [0.5, 0.6) is 0 Å². The summed E-state index contributed by atoms with van der Waals surface area (Å²) in [6, 6.07) is 17.1. The Labute approximate surface area is 151 Å². The summed E-state index contributed by atoms with van der Waals surface area (Å²) in [5.41, 5.74) is 5.23. The first kappa shape index (κ1) is 18.5. The minimum Gasteiger partial charge on any atom is -0.362 e. The van der Waals surface area contributed by atoms with Crippen molar-refractivity contribution in [2.45, 2.75) is 46.0 Å². The summed E-state index contributed by atoms with van der Waals surface area (Å²) in [5.74, 6) is 0. The third-order valence-corrected chi connectivity index (χ3v) is 4.50. The zero-order valence-corrected chi connectivity index (χ0v) is 15.6. The number of unbranched alkanes of at least 4 members (excludes halogenated alkanes) is 1. The molecule has 0 saturated heterocycles. The Morgan fingerprint density at radius 2 is 1.54 bits per heavy atom. The second-order valence-corrected chi connectivity index (χ2v) is 6.39. The SMILES string of the molecule is CCc1cccc(CC)c1NC(=S)NCCCCc1ccccc1. The van der Waals surface area contributed by atoms with Crippen molar-refractivity contribution in [2.24, 2.45) is 0 Å². The molecule has 0 spiro atoms. The lowest BCUT2D eigenvalue weighted by atomic mass is 10.0. The van der Waals surface area contributed by atoms with Gasteiger partial charge in [0.25, 0.3) is 0 Å². The van der Waals surface area contributed by atoms with Gasteiger partial charge in [0.2, 0.25) is 0 Å². The standard InChI is InChI=1S/C21H28N2S/c1-3-18-14-10-15-19(4-2)20(18)23-21(24)22-16-9-8-13-17-11-6-5-7-12-17/h5-7,10-12,14-15H,3-4,8-9,13,16H2,1-2H3,(H2,22,23,24). The van der Waals surface area contributed by atoms with E-state index in [1.807, 2.05) is 0 Å². The van der Waals surface area contributed by atoms with Crippen LogP contribution >= 0.6 is 12.2 Å². The van der Waals surface area contributed by atoms with Gasteiger partial charge in [0, 0.05) is 12.2 Å². The molecule has 0 aliphatic carbocycles. The van der Waals surface area contributed by atoms with Crippen LogP contribution in [0, 0.1) is 0 Å². The highest BCUT2D eigenvalue weighted by Crippen LogP contribution is 2.22. The number of aryl methyl sites for hydroxylation is 3. The van der Waals surface area contributed by atoms with E-state index >= 15 is 0 Å². The van der Waals surface area contributed by atoms with Crippen LogP contribution in [0.1, 0.15) is 43.4 Å². The molecule has 0 saturated carbocycles. The Morgan fingerprint density at radius 3 is 2.17 bits per heavy atom. The molecular weight excluding hydrogens is 312 g/mol. The number of para-hydroxylation sites is 1. The molecule has 0 aliphatic rings. The molecule has 0 unspecified atom stereocenters. The second-order valence-electron chi connectivity index (χ2n) is 5.98. The molecule has 0 fully saturated rings. The summed E-state index contributed by atoms with van der Waals surface area (Å²) in [6.45, 7) is 5.27. The maximum absolute atomic E-state index is 5.47. The van der Waals surface area contributed by atoms with Crippen LogP contribution in [0.4, 0.5) is 5.69 Å². The van der Waals surface area contributed by atoms with Crippen molar-refractivity contribution in [3.05, 3.63) is 65.2 Å². The fourth-order valence-electron chi connectivity index (χ4n) is 2.86. The molecule has 0 amide bonds. The average molecular weight is 341 g/mol. The molecule has 2 rings (SSSR count). The minimum atomic E-state index is 0.727. The lowest BCUT2D eigenvalue weighted by molar-refractivity contribution is 0.711. The number of nitrogens with one attached hydrogen (secondary N) is 2. The number of anilines is 1. The molecule has 3 heteroatoms. The van der Waals surface area contributed by atoms with Crippen LogP contribution in [0.25, 0.3) is 0 Å². The first-order valence-corrected chi connectivity index (χ1v) is 9.35. The molecule has 2 aromatic carbocycles. The summed E-state index contributed by atoms with van der Waals surface area (Å²) in [4.78, 5) is 0. The van der Waals surface area contributed by atoms with Crippen LogP contribution in [0.2, 0.25) is 0 Å². The molecule has 2 N–H and O–H groups in total. The summed E-state index contributed by atoms with van der Waals surface area (Å²) in [5, 5.41) is 7.48. The van der Waals surface area contributed by atoms with E-state index in [1.54, 1.807) is 0 Å². The Kier molecular flexibility index (Phi) is 7.76. The molecule has 0 aliphatic heterocycles. The van der Waals surface area contributed by atoms with E-state index in [9.17, 15) is 0 Å². The zero-order chi connectivity index (χ0) is 17.2. The number of rotatable bonds is 8. The first-order chi connectivity index (χ1) is 11.7. The van der Waals surface area contributed by atoms with Crippen molar-refractivity contribution in [3.8, 4) is 0 Å². The van der Waals surface area contributed by atoms with Gasteiger partial charge in [0.1, 0.15) is 0 Å². The summed E-state index contributed by atoms with van der Waals surface area (Å²) in [7, 11) is 0. The van der Waals surface area contributed by atoms with Gasteiger partial charge in [-0.1, -0.05) is 62.4 Å². The molecular formula is C21H28N2S. The van der Waals surface area contributed by atoms with Crippen molar-refractivity contribution in [1.82, 2.24) is 5.32 Å². The highest BCUT2D eigenvalue weighted by Gasteiger charge is 2.07. The van der Waals surface area contributed by atoms with E-state index in [2.05, 4.69) is 73.0 Å². The maximum Gasteiger partial charge on any atom is 0.170 e. The maximum atomic E-state index is 5.47. The van der Waals surface area contributed by atoms with Crippen molar-refractivity contribution in [2.75, 3.05) is 11.9 Å². The average Bonchev–Trinajstić information content (AvgIpc) is 2.62. The minimum absolute atomic E-state index is 0.727. The molecule has 0 atom stereocenters. The molecule has 2 nitrogen and oxygen atoms in total. The van der Waals surface area contributed by atoms with Gasteiger partial charge in [-0.15, -0.1) is 0 Å². The van der Waals surface area contributed by atoms with Gasteiger partial charge in [0.05, 0.1) is 0 Å². The Bertz CT molecular complexity index is 615. The summed E-state index contributed by atoms with van der Waals surface area (Å²) in [6.07, 6.45) is 5.44. The van der Waals surface area contributed by atoms with Crippen LogP contribution < -0.4 is 10.6 Å². The molecule has 24 heavy (non-hydrogen) atoms. The molecule has 0 radical (unpaired) electrons. The van der Waals surface area contributed by atoms with Crippen LogP contribution in [0.15, 0.2) is 48.5 Å². The highest BCUT2D eigenvalue weighted by molar-refractivity contribution is 7.80. The number of thiocarbonyl (C=S) groups is 1. The van der Waals surface area contributed by atoms with Gasteiger partial charge in [-0.05, 0) is 61.0 Å². The highest BCUT2D eigenvalue weighted by atomic mass is 32.1. The topological polar surface area (TPSA) is 24.1 Å². The molecule has 2 aromatic rings. The third-order valence-electron chi connectivity index (χ3n) is 4.26. The lowest BCUT2D eigenvalue weighted by Crippen LogP contribution is -2.30. The van der Waals surface area contributed by atoms with Gasteiger partial charge >= 0.3 is 0 Å². The van der Waals surface area contributed by atoms with Crippen molar-refractivity contribution in [3.63, 3.8) is 0 Å². The van der Waals surface area contributed by atoms with Gasteiger partial charge < -0.3 is 10.6 Å². The molecule has 128 valence electrons. The van der Waals surface area contributed by atoms with Crippen LogP contribution in [-0.2, 0) is 19.3 Å². The Balaban J connectivity index is 1.76.